The summed E-state index contributed by atoms with van der Waals surface area (Å²) in [6, 6.07) is 2.11. The molecule has 1 aliphatic rings. The van der Waals surface area contributed by atoms with E-state index in [1.165, 1.54) is 17.9 Å². The maximum atomic E-state index is 13.3. The number of aromatic amines is 1. The van der Waals surface area contributed by atoms with Crippen LogP contribution < -0.4 is 5.56 Å². The van der Waals surface area contributed by atoms with E-state index >= 15 is 0 Å². The van der Waals surface area contributed by atoms with Crippen molar-refractivity contribution in [1.82, 2.24) is 29.5 Å². The fourth-order valence-electron chi connectivity index (χ4n) is 3.31. The van der Waals surface area contributed by atoms with E-state index in [9.17, 15) is 22.8 Å². The second kappa shape index (κ2) is 6.14. The molecule has 1 amide bonds. The number of rotatable bonds is 1. The molecule has 8 nitrogen and oxygen atoms in total. The summed E-state index contributed by atoms with van der Waals surface area (Å²) in [7, 11) is 0. The van der Waals surface area contributed by atoms with E-state index in [4.69, 9.17) is 0 Å². The van der Waals surface area contributed by atoms with E-state index in [0.29, 0.717) is 28.0 Å². The number of alkyl halides is 3. The molecule has 0 saturated carbocycles. The van der Waals surface area contributed by atoms with Crippen LogP contribution >= 0.6 is 0 Å². The second-order valence-corrected chi connectivity index (χ2v) is 6.63. The fourth-order valence-corrected chi connectivity index (χ4v) is 3.31. The van der Waals surface area contributed by atoms with Crippen molar-refractivity contribution in [2.45, 2.75) is 33.0 Å². The first-order valence-electron chi connectivity index (χ1n) is 8.46. The van der Waals surface area contributed by atoms with Crippen molar-refractivity contribution in [2.24, 2.45) is 0 Å². The van der Waals surface area contributed by atoms with Crippen molar-refractivity contribution in [3.8, 4) is 0 Å². The first kappa shape index (κ1) is 18.1. The molecule has 3 aromatic rings. The SMILES string of the molecule is Cc1cc(C(F)(F)F)n2nc(C(=O)N3CCc4c(nc(C)[nH]c4=O)C3)cc2n1. The number of amides is 1. The van der Waals surface area contributed by atoms with Gasteiger partial charge in [0.15, 0.2) is 11.3 Å². The third-order valence-corrected chi connectivity index (χ3v) is 4.54. The van der Waals surface area contributed by atoms with Gasteiger partial charge in [-0.25, -0.2) is 14.5 Å². The molecule has 1 aliphatic heterocycles. The molecule has 3 aromatic heterocycles. The molecular weight excluding hydrogens is 377 g/mol. The van der Waals surface area contributed by atoms with Gasteiger partial charge >= 0.3 is 6.18 Å². The zero-order valence-electron chi connectivity index (χ0n) is 15.0. The molecule has 0 saturated heterocycles. The highest BCUT2D eigenvalue weighted by molar-refractivity contribution is 5.93. The Morgan fingerprint density at radius 1 is 1.21 bits per heavy atom. The van der Waals surface area contributed by atoms with Crippen LogP contribution in [-0.2, 0) is 19.1 Å². The molecule has 11 heteroatoms. The van der Waals surface area contributed by atoms with Crippen molar-refractivity contribution in [2.75, 3.05) is 6.54 Å². The van der Waals surface area contributed by atoms with Gasteiger partial charge in [-0.2, -0.15) is 18.3 Å². The van der Waals surface area contributed by atoms with Crippen LogP contribution in [0.5, 0.6) is 0 Å². The van der Waals surface area contributed by atoms with Gasteiger partial charge in [-0.15, -0.1) is 0 Å². The number of nitrogens with zero attached hydrogens (tertiary/aromatic N) is 5. The lowest BCUT2D eigenvalue weighted by Gasteiger charge is -2.27. The standard InChI is InChI=1S/C17H15F3N6O2/c1-8-5-13(17(18,19)20)26-14(21-8)6-11(24-26)16(28)25-4-3-10-12(7-25)22-9(2)23-15(10)27/h5-6H,3-4,7H2,1-2H3,(H,22,23,27). The molecule has 146 valence electrons. The Balaban J connectivity index is 1.71. The zero-order chi connectivity index (χ0) is 20.2. The van der Waals surface area contributed by atoms with Crippen LogP contribution in [0.1, 0.15) is 39.0 Å². The lowest BCUT2D eigenvalue weighted by Crippen LogP contribution is -2.39. The minimum absolute atomic E-state index is 0.0569. The van der Waals surface area contributed by atoms with Crippen molar-refractivity contribution >= 4 is 11.6 Å². The molecule has 4 rings (SSSR count). The number of nitrogens with one attached hydrogen (secondary N) is 1. The lowest BCUT2D eigenvalue weighted by atomic mass is 10.1. The minimum atomic E-state index is -4.63. The average Bonchev–Trinajstić information content (AvgIpc) is 3.02. The van der Waals surface area contributed by atoms with E-state index in [2.05, 4.69) is 20.1 Å². The molecule has 0 radical (unpaired) electrons. The molecule has 0 atom stereocenters. The summed E-state index contributed by atoms with van der Waals surface area (Å²) < 4.78 is 40.5. The van der Waals surface area contributed by atoms with Crippen molar-refractivity contribution < 1.29 is 18.0 Å². The fraction of sp³-hybridized carbons (Fsp3) is 0.353. The first-order chi connectivity index (χ1) is 13.1. The van der Waals surface area contributed by atoms with Crippen LogP contribution in [-0.4, -0.2) is 41.9 Å². The second-order valence-electron chi connectivity index (χ2n) is 6.63. The summed E-state index contributed by atoms with van der Waals surface area (Å²) in [6.45, 7) is 3.41. The Bertz CT molecular complexity index is 1160. The number of carbonyl (C=O) groups excluding carboxylic acids is 1. The smallest absolute Gasteiger partial charge is 0.331 e. The minimum Gasteiger partial charge on any atom is -0.331 e. The largest absolute Gasteiger partial charge is 0.433 e. The Hall–Kier alpha value is -3.24. The maximum absolute atomic E-state index is 13.3. The van der Waals surface area contributed by atoms with E-state index < -0.39 is 17.8 Å². The number of aryl methyl sites for hydroxylation is 2. The quantitative estimate of drug-likeness (QED) is 0.679. The van der Waals surface area contributed by atoms with E-state index in [0.717, 1.165) is 6.07 Å². The van der Waals surface area contributed by atoms with Crippen molar-refractivity contribution in [3.63, 3.8) is 0 Å². The Morgan fingerprint density at radius 2 is 1.96 bits per heavy atom. The van der Waals surface area contributed by atoms with Gasteiger partial charge in [0.05, 0.1) is 12.2 Å². The normalized spacial score (nSPS) is 14.4. The Morgan fingerprint density at radius 3 is 2.68 bits per heavy atom. The summed E-state index contributed by atoms with van der Waals surface area (Å²) in [4.78, 5) is 37.1. The molecule has 0 unspecified atom stereocenters. The Labute approximate surface area is 156 Å². The number of halogens is 3. The molecule has 0 bridgehead atoms. The highest BCUT2D eigenvalue weighted by atomic mass is 19.4. The van der Waals surface area contributed by atoms with Crippen LogP contribution in [0.4, 0.5) is 13.2 Å². The third kappa shape index (κ3) is 3.02. The molecule has 0 fully saturated rings. The van der Waals surface area contributed by atoms with Crippen molar-refractivity contribution in [3.05, 3.63) is 56.7 Å². The monoisotopic (exact) mass is 392 g/mol. The average molecular weight is 392 g/mol. The van der Waals surface area contributed by atoms with Gasteiger partial charge in [-0.3, -0.25) is 9.59 Å². The molecule has 0 aliphatic carbocycles. The van der Waals surface area contributed by atoms with Gasteiger partial charge in [0, 0.05) is 23.9 Å². The number of fused-ring (bicyclic) bond motifs is 2. The van der Waals surface area contributed by atoms with Crippen molar-refractivity contribution in [1.29, 1.82) is 0 Å². The third-order valence-electron chi connectivity index (χ3n) is 4.54. The predicted octanol–water partition coefficient (Wildman–Crippen LogP) is 1.65. The van der Waals surface area contributed by atoms with Gasteiger partial charge in [0.2, 0.25) is 0 Å². The van der Waals surface area contributed by atoms with Gasteiger partial charge in [0.1, 0.15) is 11.5 Å². The van der Waals surface area contributed by atoms with E-state index in [-0.39, 0.29) is 35.7 Å². The van der Waals surface area contributed by atoms with Gasteiger partial charge in [-0.1, -0.05) is 0 Å². The van der Waals surface area contributed by atoms with Crippen LogP contribution in [0.15, 0.2) is 16.9 Å². The van der Waals surface area contributed by atoms with E-state index in [1.807, 2.05) is 0 Å². The summed E-state index contributed by atoms with van der Waals surface area (Å²) in [5.41, 5.74) is -0.272. The van der Waals surface area contributed by atoms with Crippen LogP contribution in [0.2, 0.25) is 0 Å². The summed E-state index contributed by atoms with van der Waals surface area (Å²) in [5, 5.41) is 3.84. The molecule has 4 heterocycles. The van der Waals surface area contributed by atoms with Gasteiger partial charge < -0.3 is 9.88 Å². The van der Waals surface area contributed by atoms with Crippen LogP contribution in [0, 0.1) is 13.8 Å². The topological polar surface area (TPSA) is 96.3 Å². The molecular formula is C17H15F3N6O2. The molecule has 1 N–H and O–H groups in total. The zero-order valence-corrected chi connectivity index (χ0v) is 15.0. The molecule has 0 aromatic carbocycles. The molecule has 0 spiro atoms. The number of H-pyrrole nitrogens is 1. The summed E-state index contributed by atoms with van der Waals surface area (Å²) in [5.74, 6) is -0.109. The maximum Gasteiger partial charge on any atom is 0.433 e. The first-order valence-corrected chi connectivity index (χ1v) is 8.46. The lowest BCUT2D eigenvalue weighted by molar-refractivity contribution is -0.142. The summed E-state index contributed by atoms with van der Waals surface area (Å²) in [6.07, 6.45) is -4.33. The van der Waals surface area contributed by atoms with E-state index in [1.54, 1.807) is 6.92 Å². The van der Waals surface area contributed by atoms with Crippen LogP contribution in [0.25, 0.3) is 5.65 Å². The van der Waals surface area contributed by atoms with Crippen LogP contribution in [0.3, 0.4) is 0 Å². The summed E-state index contributed by atoms with van der Waals surface area (Å²) >= 11 is 0. The number of hydrogen-bond acceptors (Lipinski definition) is 5. The highest BCUT2D eigenvalue weighted by Crippen LogP contribution is 2.30. The number of carbonyl (C=O) groups is 1. The Kier molecular flexibility index (Phi) is 3.98. The van der Waals surface area contributed by atoms with Gasteiger partial charge in [-0.05, 0) is 26.3 Å². The molecule has 28 heavy (non-hydrogen) atoms. The number of hydrogen-bond donors (Lipinski definition) is 1. The van der Waals surface area contributed by atoms with Gasteiger partial charge in [0.25, 0.3) is 11.5 Å². The highest BCUT2D eigenvalue weighted by Gasteiger charge is 2.35. The predicted molar refractivity (Wildman–Crippen MR) is 90.8 cm³/mol. The number of aromatic nitrogens is 5.